The molecule has 31 heavy (non-hydrogen) atoms. The normalized spacial score (nSPS) is 14.3. The van der Waals surface area contributed by atoms with E-state index < -0.39 is 0 Å². The zero-order valence-electron chi connectivity index (χ0n) is 17.3. The molecule has 1 heterocycles. The van der Waals surface area contributed by atoms with Crippen molar-refractivity contribution in [1.29, 1.82) is 0 Å². The zero-order valence-corrected chi connectivity index (χ0v) is 18.1. The second-order valence-electron chi connectivity index (χ2n) is 7.49. The van der Waals surface area contributed by atoms with Gasteiger partial charge in [0.15, 0.2) is 5.11 Å². The van der Waals surface area contributed by atoms with Gasteiger partial charge in [-0.15, -0.1) is 0 Å². The minimum absolute atomic E-state index is 0.325. The van der Waals surface area contributed by atoms with Crippen LogP contribution in [0, 0.1) is 0 Å². The van der Waals surface area contributed by atoms with Crippen LogP contribution >= 0.6 is 12.2 Å². The minimum Gasteiger partial charge on any atom is -0.439 e. The number of anilines is 1. The molecule has 0 atom stereocenters. The van der Waals surface area contributed by atoms with Gasteiger partial charge in [-0.1, -0.05) is 62.1 Å². The number of rotatable bonds is 6. The molecule has 0 bridgehead atoms. The first kappa shape index (κ1) is 21.1. The molecule has 0 saturated heterocycles. The highest BCUT2D eigenvalue weighted by molar-refractivity contribution is 7.80. The Balaban J connectivity index is 1.51. The van der Waals surface area contributed by atoms with Crippen molar-refractivity contribution in [3.05, 3.63) is 66.7 Å². The Kier molecular flexibility index (Phi) is 7.28. The summed E-state index contributed by atoms with van der Waals surface area (Å²) in [5, 5.41) is 7.01. The van der Waals surface area contributed by atoms with Crippen LogP contribution in [0.5, 0.6) is 23.3 Å². The number of nitrogens with one attached hydrogen (secondary N) is 2. The van der Waals surface area contributed by atoms with Crippen LogP contribution in [0.1, 0.15) is 38.5 Å². The molecule has 1 saturated carbocycles. The van der Waals surface area contributed by atoms with Crippen LogP contribution in [0.2, 0.25) is 0 Å². The predicted octanol–water partition coefficient (Wildman–Crippen LogP) is 6.07. The van der Waals surface area contributed by atoms with Crippen LogP contribution in [0.25, 0.3) is 0 Å². The number of aromatic nitrogens is 2. The summed E-state index contributed by atoms with van der Waals surface area (Å²) < 4.78 is 11.8. The lowest BCUT2D eigenvalue weighted by Gasteiger charge is -2.18. The molecule has 2 aromatic carbocycles. The van der Waals surface area contributed by atoms with E-state index in [1.165, 1.54) is 25.7 Å². The van der Waals surface area contributed by atoms with Crippen molar-refractivity contribution in [2.24, 2.45) is 0 Å². The van der Waals surface area contributed by atoms with E-state index in [2.05, 4.69) is 20.6 Å². The third-order valence-corrected chi connectivity index (χ3v) is 5.25. The van der Waals surface area contributed by atoms with Gasteiger partial charge in [0.2, 0.25) is 17.7 Å². The topological polar surface area (TPSA) is 68.3 Å². The van der Waals surface area contributed by atoms with Crippen LogP contribution in [-0.2, 0) is 0 Å². The first-order valence-corrected chi connectivity index (χ1v) is 11.1. The Morgan fingerprint density at radius 3 is 1.81 bits per heavy atom. The molecule has 160 valence electrons. The van der Waals surface area contributed by atoms with E-state index in [0.29, 0.717) is 40.4 Å². The maximum atomic E-state index is 5.91. The second-order valence-corrected chi connectivity index (χ2v) is 7.89. The average Bonchev–Trinajstić information content (AvgIpc) is 3.03. The van der Waals surface area contributed by atoms with Gasteiger partial charge < -0.3 is 20.1 Å². The summed E-state index contributed by atoms with van der Waals surface area (Å²) in [7, 11) is 0. The largest absolute Gasteiger partial charge is 0.439 e. The molecule has 1 aliphatic carbocycles. The lowest BCUT2D eigenvalue weighted by Crippen LogP contribution is -2.37. The third kappa shape index (κ3) is 6.65. The van der Waals surface area contributed by atoms with Crippen molar-refractivity contribution < 1.29 is 9.47 Å². The highest BCUT2D eigenvalue weighted by atomic mass is 32.1. The van der Waals surface area contributed by atoms with Crippen molar-refractivity contribution in [2.75, 3.05) is 5.32 Å². The van der Waals surface area contributed by atoms with Gasteiger partial charge in [-0.05, 0) is 49.3 Å². The molecule has 4 rings (SSSR count). The monoisotopic (exact) mass is 434 g/mol. The van der Waals surface area contributed by atoms with Gasteiger partial charge in [0.1, 0.15) is 11.5 Å². The van der Waals surface area contributed by atoms with Gasteiger partial charge in [-0.3, -0.25) is 0 Å². The standard InChI is InChI=1S/C24H26N4O2S/c31-24(25-18-11-5-1-2-6-12-18)28-23-26-21(29-19-13-7-3-8-14-19)17-22(27-23)30-20-15-9-4-10-16-20/h3-4,7-10,13-18H,1-2,5-6,11-12H2,(H2,25,26,27,28,31). The molecule has 6 nitrogen and oxygen atoms in total. The smallest absolute Gasteiger partial charge is 0.235 e. The van der Waals surface area contributed by atoms with Gasteiger partial charge in [0.05, 0.1) is 6.07 Å². The Hall–Kier alpha value is -3.19. The van der Waals surface area contributed by atoms with Crippen molar-refractivity contribution >= 4 is 23.3 Å². The van der Waals surface area contributed by atoms with Gasteiger partial charge in [-0.25, -0.2) is 0 Å². The summed E-state index contributed by atoms with van der Waals surface area (Å²) in [5.41, 5.74) is 0. The van der Waals surface area contributed by atoms with Crippen LogP contribution in [0.3, 0.4) is 0 Å². The van der Waals surface area contributed by atoms with E-state index in [4.69, 9.17) is 21.7 Å². The molecule has 0 unspecified atom stereocenters. The summed E-state index contributed by atoms with van der Waals surface area (Å²) in [6.45, 7) is 0. The SMILES string of the molecule is S=C(Nc1nc(Oc2ccccc2)cc(Oc2ccccc2)n1)NC1CCCCCC1. The summed E-state index contributed by atoms with van der Waals surface area (Å²) in [4.78, 5) is 8.94. The fourth-order valence-corrected chi connectivity index (χ4v) is 3.79. The van der Waals surface area contributed by atoms with Crippen LogP contribution in [-0.4, -0.2) is 21.1 Å². The van der Waals surface area contributed by atoms with Crippen molar-refractivity contribution in [3.8, 4) is 23.3 Å². The summed E-state index contributed by atoms with van der Waals surface area (Å²) in [6.07, 6.45) is 7.30. The Bertz CT molecular complexity index is 918. The average molecular weight is 435 g/mol. The van der Waals surface area contributed by atoms with Gasteiger partial charge >= 0.3 is 0 Å². The van der Waals surface area contributed by atoms with Gasteiger partial charge in [-0.2, -0.15) is 9.97 Å². The molecule has 2 N–H and O–H groups in total. The molecule has 0 amide bonds. The molecule has 1 aromatic heterocycles. The molecule has 1 aliphatic rings. The van der Waals surface area contributed by atoms with Gasteiger partial charge in [0.25, 0.3) is 0 Å². The quantitative estimate of drug-likeness (QED) is 0.360. The molecule has 7 heteroatoms. The maximum absolute atomic E-state index is 5.91. The Morgan fingerprint density at radius 2 is 1.29 bits per heavy atom. The molecular formula is C24H26N4O2S. The lowest BCUT2D eigenvalue weighted by molar-refractivity contribution is 0.435. The third-order valence-electron chi connectivity index (χ3n) is 5.03. The zero-order chi connectivity index (χ0) is 21.3. The number of ether oxygens (including phenoxy) is 2. The molecule has 1 fully saturated rings. The maximum Gasteiger partial charge on any atom is 0.235 e. The predicted molar refractivity (Wildman–Crippen MR) is 126 cm³/mol. The molecular weight excluding hydrogens is 408 g/mol. The first-order chi connectivity index (χ1) is 15.2. The van der Waals surface area contributed by atoms with Crippen LogP contribution in [0.4, 0.5) is 5.95 Å². The van der Waals surface area contributed by atoms with Crippen molar-refractivity contribution in [3.63, 3.8) is 0 Å². The van der Waals surface area contributed by atoms with E-state index in [9.17, 15) is 0 Å². The fraction of sp³-hybridized carbons (Fsp3) is 0.292. The summed E-state index contributed by atoms with van der Waals surface area (Å²) in [6, 6.07) is 21.0. The van der Waals surface area contributed by atoms with Crippen molar-refractivity contribution in [1.82, 2.24) is 15.3 Å². The summed E-state index contributed by atoms with van der Waals surface area (Å²) in [5.74, 6) is 2.42. The van der Waals surface area contributed by atoms with E-state index >= 15 is 0 Å². The number of hydrogen-bond donors (Lipinski definition) is 2. The Labute approximate surface area is 188 Å². The number of para-hydroxylation sites is 2. The molecule has 0 radical (unpaired) electrons. The second kappa shape index (κ2) is 10.7. The van der Waals surface area contributed by atoms with Crippen molar-refractivity contribution in [2.45, 2.75) is 44.6 Å². The summed E-state index contributed by atoms with van der Waals surface area (Å²) >= 11 is 5.52. The van der Waals surface area contributed by atoms with Crippen LogP contribution in [0.15, 0.2) is 66.7 Å². The first-order valence-electron chi connectivity index (χ1n) is 10.7. The van der Waals surface area contributed by atoms with E-state index in [0.717, 1.165) is 12.8 Å². The minimum atomic E-state index is 0.325. The van der Waals surface area contributed by atoms with E-state index in [1.54, 1.807) is 6.07 Å². The van der Waals surface area contributed by atoms with E-state index in [1.807, 2.05) is 60.7 Å². The number of nitrogens with zero attached hydrogens (tertiary/aromatic N) is 2. The number of hydrogen-bond acceptors (Lipinski definition) is 5. The number of thiocarbonyl (C=S) groups is 1. The molecule has 3 aromatic rings. The number of benzene rings is 2. The lowest BCUT2D eigenvalue weighted by atomic mass is 10.1. The van der Waals surface area contributed by atoms with E-state index in [-0.39, 0.29) is 0 Å². The highest BCUT2D eigenvalue weighted by Gasteiger charge is 2.15. The Morgan fingerprint density at radius 1 is 0.774 bits per heavy atom. The molecule has 0 spiro atoms. The highest BCUT2D eigenvalue weighted by Crippen LogP contribution is 2.27. The fourth-order valence-electron chi connectivity index (χ4n) is 3.53. The molecule has 0 aliphatic heterocycles. The van der Waals surface area contributed by atoms with Crippen LogP contribution < -0.4 is 20.1 Å². The van der Waals surface area contributed by atoms with Gasteiger partial charge in [0, 0.05) is 6.04 Å².